The van der Waals surface area contributed by atoms with Crippen LogP contribution in [-0.2, 0) is 11.8 Å². The third-order valence-corrected chi connectivity index (χ3v) is 5.56. The number of aromatic nitrogens is 3. The first-order chi connectivity index (χ1) is 13.0. The van der Waals surface area contributed by atoms with Gasteiger partial charge < -0.3 is 15.0 Å². The van der Waals surface area contributed by atoms with E-state index in [1.165, 1.54) is 11.8 Å². The number of nitrogens with one attached hydrogen (secondary N) is 1. The number of carbonyl (C=O) groups excluding carboxylic acids is 1. The van der Waals surface area contributed by atoms with Crippen molar-refractivity contribution >= 4 is 33.6 Å². The molecule has 0 saturated carbocycles. The first-order valence-electron chi connectivity index (χ1n) is 8.31. The zero-order valence-corrected chi connectivity index (χ0v) is 17.3. The van der Waals surface area contributed by atoms with Crippen LogP contribution in [0.15, 0.2) is 58.2 Å². The number of nitrogens with zero attached hydrogens (tertiary/aromatic N) is 3. The molecule has 6 nitrogen and oxygen atoms in total. The Morgan fingerprint density at radius 3 is 2.74 bits per heavy atom. The van der Waals surface area contributed by atoms with Crippen molar-refractivity contribution < 1.29 is 9.90 Å². The van der Waals surface area contributed by atoms with E-state index >= 15 is 0 Å². The van der Waals surface area contributed by atoms with E-state index in [0.29, 0.717) is 16.5 Å². The van der Waals surface area contributed by atoms with Crippen LogP contribution in [0.5, 0.6) is 5.75 Å². The van der Waals surface area contributed by atoms with Gasteiger partial charge in [0.15, 0.2) is 11.0 Å². The quantitative estimate of drug-likeness (QED) is 0.560. The van der Waals surface area contributed by atoms with Crippen LogP contribution < -0.4 is 5.32 Å². The van der Waals surface area contributed by atoms with E-state index in [1.807, 2.05) is 44.3 Å². The third-order valence-electron chi connectivity index (χ3n) is 4.04. The van der Waals surface area contributed by atoms with Crippen molar-refractivity contribution in [2.45, 2.75) is 18.1 Å². The van der Waals surface area contributed by atoms with Crippen molar-refractivity contribution in [3.63, 3.8) is 0 Å². The van der Waals surface area contributed by atoms with Crippen molar-refractivity contribution in [3.05, 3.63) is 58.6 Å². The molecule has 8 heteroatoms. The summed E-state index contributed by atoms with van der Waals surface area (Å²) < 4.78 is 2.60. The van der Waals surface area contributed by atoms with Crippen molar-refractivity contribution in [2.24, 2.45) is 7.05 Å². The molecule has 3 rings (SSSR count). The number of hydrogen-bond acceptors (Lipinski definition) is 5. The van der Waals surface area contributed by atoms with E-state index in [4.69, 9.17) is 0 Å². The van der Waals surface area contributed by atoms with Crippen molar-refractivity contribution in [3.8, 4) is 17.1 Å². The minimum Gasteiger partial charge on any atom is -0.507 e. The molecule has 1 heterocycles. The van der Waals surface area contributed by atoms with Crippen molar-refractivity contribution in [1.29, 1.82) is 0 Å². The molecule has 0 spiro atoms. The van der Waals surface area contributed by atoms with Crippen LogP contribution in [0, 0.1) is 0 Å². The zero-order valence-electron chi connectivity index (χ0n) is 14.9. The number of halogens is 1. The van der Waals surface area contributed by atoms with Gasteiger partial charge in [-0.25, -0.2) is 0 Å². The first kappa shape index (κ1) is 19.4. The van der Waals surface area contributed by atoms with Gasteiger partial charge in [0.1, 0.15) is 5.75 Å². The van der Waals surface area contributed by atoms with E-state index in [0.717, 1.165) is 10.0 Å². The van der Waals surface area contributed by atoms with E-state index in [9.17, 15) is 9.90 Å². The Kier molecular flexibility index (Phi) is 6.18. The molecule has 0 aliphatic rings. The van der Waals surface area contributed by atoms with Crippen LogP contribution in [0.2, 0.25) is 0 Å². The van der Waals surface area contributed by atoms with E-state index in [2.05, 4.69) is 31.4 Å². The fraction of sp³-hybridized carbons (Fsp3) is 0.211. The molecule has 2 N–H and O–H groups in total. The molecular formula is C19H19BrN4O2S. The van der Waals surface area contributed by atoms with E-state index in [-0.39, 0.29) is 23.5 Å². The molecular weight excluding hydrogens is 428 g/mol. The number of benzene rings is 2. The molecule has 1 aromatic heterocycles. The summed E-state index contributed by atoms with van der Waals surface area (Å²) in [5.74, 6) is 0.813. The van der Waals surface area contributed by atoms with E-state index < -0.39 is 0 Å². The number of hydrogen-bond donors (Lipinski definition) is 2. The monoisotopic (exact) mass is 446 g/mol. The second-order valence-electron chi connectivity index (χ2n) is 6.02. The molecule has 0 aliphatic carbocycles. The molecule has 0 bridgehead atoms. The van der Waals surface area contributed by atoms with Gasteiger partial charge in [-0.15, -0.1) is 10.2 Å². The maximum atomic E-state index is 12.3. The number of thioether (sulfide) groups is 1. The summed E-state index contributed by atoms with van der Waals surface area (Å²) in [5.41, 5.74) is 1.63. The second-order valence-corrected chi connectivity index (χ2v) is 7.87. The minimum absolute atomic E-state index is 0.0621. The first-order valence-corrected chi connectivity index (χ1v) is 10.1. The van der Waals surface area contributed by atoms with Gasteiger partial charge in [-0.2, -0.15) is 0 Å². The number of phenolic OH excluding ortho intramolecular Hbond substituents is 1. The fourth-order valence-electron chi connectivity index (χ4n) is 2.60. The number of phenols is 1. The van der Waals surface area contributed by atoms with Crippen LogP contribution in [0.25, 0.3) is 11.4 Å². The standard InChI is InChI=1S/C19H19BrN4O2S/c1-12(13-6-4-3-5-7-13)21-17(26)11-27-19-23-22-18(24(19)2)15-10-14(20)8-9-16(15)25/h3-10,12,25H,11H2,1-2H3,(H,21,26)/t12-/m0/s1. The predicted octanol–water partition coefficient (Wildman–Crippen LogP) is 3.92. The largest absolute Gasteiger partial charge is 0.507 e. The van der Waals surface area contributed by atoms with Gasteiger partial charge in [-0.05, 0) is 30.7 Å². The molecule has 2 aromatic carbocycles. The molecule has 140 valence electrons. The Morgan fingerprint density at radius 2 is 2.00 bits per heavy atom. The van der Waals surface area contributed by atoms with Crippen molar-refractivity contribution in [2.75, 3.05) is 5.75 Å². The number of carbonyl (C=O) groups is 1. The van der Waals surface area contributed by atoms with Gasteiger partial charge in [-0.1, -0.05) is 58.0 Å². The lowest BCUT2D eigenvalue weighted by atomic mass is 10.1. The molecule has 1 amide bonds. The van der Waals surface area contributed by atoms with Gasteiger partial charge in [-0.3, -0.25) is 4.79 Å². The highest BCUT2D eigenvalue weighted by Crippen LogP contribution is 2.32. The van der Waals surface area contributed by atoms with Crippen LogP contribution in [0.1, 0.15) is 18.5 Å². The smallest absolute Gasteiger partial charge is 0.230 e. The molecule has 0 fully saturated rings. The van der Waals surface area contributed by atoms with Crippen LogP contribution in [0.4, 0.5) is 0 Å². The normalized spacial score (nSPS) is 12.0. The number of rotatable bonds is 6. The lowest BCUT2D eigenvalue weighted by Crippen LogP contribution is -2.28. The molecule has 27 heavy (non-hydrogen) atoms. The molecule has 3 aromatic rings. The Balaban J connectivity index is 1.64. The Morgan fingerprint density at radius 1 is 1.26 bits per heavy atom. The van der Waals surface area contributed by atoms with Gasteiger partial charge in [0.05, 0.1) is 17.4 Å². The van der Waals surface area contributed by atoms with Crippen LogP contribution in [-0.4, -0.2) is 31.5 Å². The fourth-order valence-corrected chi connectivity index (χ4v) is 3.68. The predicted molar refractivity (Wildman–Crippen MR) is 110 cm³/mol. The SMILES string of the molecule is C[C@H](NC(=O)CSc1nnc(-c2cc(Br)ccc2O)n1C)c1ccccc1. The Bertz CT molecular complexity index is 946. The highest BCUT2D eigenvalue weighted by atomic mass is 79.9. The zero-order chi connectivity index (χ0) is 19.4. The maximum absolute atomic E-state index is 12.3. The lowest BCUT2D eigenvalue weighted by Gasteiger charge is -2.14. The van der Waals surface area contributed by atoms with Gasteiger partial charge in [0.2, 0.25) is 5.91 Å². The summed E-state index contributed by atoms with van der Waals surface area (Å²) >= 11 is 4.69. The summed E-state index contributed by atoms with van der Waals surface area (Å²) in [6, 6.07) is 14.9. The minimum atomic E-state index is -0.0776. The summed E-state index contributed by atoms with van der Waals surface area (Å²) in [4.78, 5) is 12.3. The van der Waals surface area contributed by atoms with Crippen LogP contribution >= 0.6 is 27.7 Å². The molecule has 0 aliphatic heterocycles. The average molecular weight is 447 g/mol. The van der Waals surface area contributed by atoms with Gasteiger partial charge in [0.25, 0.3) is 0 Å². The molecule has 0 unspecified atom stereocenters. The summed E-state index contributed by atoms with van der Waals surface area (Å²) in [6.07, 6.45) is 0. The van der Waals surface area contributed by atoms with Crippen LogP contribution in [0.3, 0.4) is 0 Å². The summed E-state index contributed by atoms with van der Waals surface area (Å²) in [7, 11) is 1.81. The Labute approximate surface area is 170 Å². The van der Waals surface area contributed by atoms with Crippen molar-refractivity contribution in [1.82, 2.24) is 20.1 Å². The second kappa shape index (κ2) is 8.58. The highest BCUT2D eigenvalue weighted by molar-refractivity contribution is 9.10. The topological polar surface area (TPSA) is 80.0 Å². The number of aromatic hydroxyl groups is 1. The number of amides is 1. The van der Waals surface area contributed by atoms with Gasteiger partial charge >= 0.3 is 0 Å². The lowest BCUT2D eigenvalue weighted by molar-refractivity contribution is -0.119. The third kappa shape index (κ3) is 4.70. The molecule has 0 radical (unpaired) electrons. The Hall–Kier alpha value is -2.32. The average Bonchev–Trinajstić information content (AvgIpc) is 3.03. The van der Waals surface area contributed by atoms with E-state index in [1.54, 1.807) is 22.8 Å². The maximum Gasteiger partial charge on any atom is 0.230 e. The summed E-state index contributed by atoms with van der Waals surface area (Å²) in [6.45, 7) is 1.95. The highest BCUT2D eigenvalue weighted by Gasteiger charge is 2.16. The van der Waals surface area contributed by atoms with Gasteiger partial charge in [0, 0.05) is 11.5 Å². The summed E-state index contributed by atoms with van der Waals surface area (Å²) in [5, 5.41) is 22.0. The molecule has 0 saturated heterocycles. The molecule has 1 atom stereocenters.